The minimum atomic E-state index is -5.09. The molecule has 2 heterocycles. The topological polar surface area (TPSA) is 94.6 Å². The summed E-state index contributed by atoms with van der Waals surface area (Å²) >= 11 is 6.40. The summed E-state index contributed by atoms with van der Waals surface area (Å²) in [5.74, 6) is -2.83. The Labute approximate surface area is 207 Å². The van der Waals surface area contributed by atoms with Crippen molar-refractivity contribution >= 4 is 28.7 Å². The van der Waals surface area contributed by atoms with Crippen molar-refractivity contribution in [2.75, 3.05) is 7.11 Å². The van der Waals surface area contributed by atoms with Crippen LogP contribution in [-0.2, 0) is 17.4 Å². The van der Waals surface area contributed by atoms with E-state index in [0.29, 0.717) is 11.3 Å². The number of aryl methyl sites for hydroxylation is 1. The molecule has 1 N–H and O–H groups in total. The zero-order valence-corrected chi connectivity index (χ0v) is 20.0. The highest BCUT2D eigenvalue weighted by Crippen LogP contribution is 2.50. The predicted molar refractivity (Wildman–Crippen MR) is 126 cm³/mol. The number of benzene rings is 2. The number of alkyl halides is 3. The first kappa shape index (κ1) is 25.5. The van der Waals surface area contributed by atoms with E-state index in [9.17, 15) is 27.9 Å². The van der Waals surface area contributed by atoms with Gasteiger partial charge in [-0.25, -0.2) is 9.59 Å². The first-order valence-electron chi connectivity index (χ1n) is 10.6. The summed E-state index contributed by atoms with van der Waals surface area (Å²) in [6, 6.07) is 10.8. The number of methoxy groups -OCH3 is 1. The number of pyridine rings is 1. The van der Waals surface area contributed by atoms with Gasteiger partial charge in [0.1, 0.15) is 0 Å². The third-order valence-electron chi connectivity index (χ3n) is 6.24. The van der Waals surface area contributed by atoms with Crippen molar-refractivity contribution in [3.05, 3.63) is 87.0 Å². The Balaban J connectivity index is 1.76. The second-order valence-electron chi connectivity index (χ2n) is 8.26. The molecule has 2 unspecified atom stereocenters. The van der Waals surface area contributed by atoms with Gasteiger partial charge in [0.2, 0.25) is 0 Å². The van der Waals surface area contributed by atoms with Crippen molar-refractivity contribution in [2.45, 2.75) is 24.6 Å². The highest BCUT2D eigenvalue weighted by atomic mass is 35.5. The number of esters is 1. The first-order chi connectivity index (χ1) is 16.9. The number of rotatable bonds is 5. The summed E-state index contributed by atoms with van der Waals surface area (Å²) in [6.07, 6.45) is -3.77. The molecule has 188 valence electrons. The number of aromatic nitrogens is 2. The molecule has 0 bridgehead atoms. The van der Waals surface area contributed by atoms with Crippen molar-refractivity contribution in [1.29, 1.82) is 0 Å². The second-order valence-corrected chi connectivity index (χ2v) is 8.66. The molecule has 0 saturated heterocycles. The third kappa shape index (κ3) is 4.16. The molecule has 0 fully saturated rings. The molecule has 0 amide bonds. The highest BCUT2D eigenvalue weighted by Gasteiger charge is 2.59. The van der Waals surface area contributed by atoms with E-state index in [1.54, 1.807) is 6.07 Å². The Kier molecular flexibility index (Phi) is 6.44. The van der Waals surface area contributed by atoms with E-state index >= 15 is 0 Å². The van der Waals surface area contributed by atoms with E-state index in [-0.39, 0.29) is 27.2 Å². The van der Waals surface area contributed by atoms with Gasteiger partial charge in [-0.15, -0.1) is 0 Å². The normalized spacial score (nSPS) is 14.4. The fourth-order valence-electron chi connectivity index (χ4n) is 4.09. The molecule has 0 aliphatic carbocycles. The lowest BCUT2D eigenvalue weighted by Crippen LogP contribution is -2.46. The van der Waals surface area contributed by atoms with Crippen molar-refractivity contribution in [3.8, 4) is 11.3 Å². The molecule has 0 aliphatic heterocycles. The van der Waals surface area contributed by atoms with Crippen molar-refractivity contribution in [3.63, 3.8) is 0 Å². The summed E-state index contributed by atoms with van der Waals surface area (Å²) < 4.78 is 53.9. The predicted octanol–water partition coefficient (Wildman–Crippen LogP) is 5.19. The van der Waals surface area contributed by atoms with Gasteiger partial charge in [0.15, 0.2) is 11.2 Å². The van der Waals surface area contributed by atoms with Gasteiger partial charge in [-0.05, 0) is 41.5 Å². The largest absolute Gasteiger partial charge is 0.465 e. The molecule has 4 rings (SSSR count). The average molecular weight is 521 g/mol. The Morgan fingerprint density at radius 1 is 1.17 bits per heavy atom. The van der Waals surface area contributed by atoms with Crippen LogP contribution in [0.4, 0.5) is 13.2 Å². The number of fused-ring (bicyclic) bond motifs is 1. The number of ether oxygens (including phenoxy) is 1. The first-order valence-corrected chi connectivity index (χ1v) is 11.0. The molecule has 2 aromatic heterocycles. The van der Waals surface area contributed by atoms with E-state index in [0.717, 1.165) is 16.7 Å². The Morgan fingerprint density at radius 2 is 1.89 bits per heavy atom. The summed E-state index contributed by atoms with van der Waals surface area (Å²) in [4.78, 5) is 27.6. The van der Waals surface area contributed by atoms with Gasteiger partial charge in [-0.3, -0.25) is 9.55 Å². The fourth-order valence-corrected chi connectivity index (χ4v) is 4.43. The maximum atomic E-state index is 14.4. The van der Waals surface area contributed by atoms with Crippen molar-refractivity contribution < 1.29 is 32.2 Å². The number of oxazole rings is 1. The molecule has 36 heavy (non-hydrogen) atoms. The van der Waals surface area contributed by atoms with Crippen LogP contribution in [0.25, 0.3) is 22.4 Å². The Hall–Kier alpha value is -3.63. The smallest absolute Gasteiger partial charge is 0.422 e. The van der Waals surface area contributed by atoms with Crippen LogP contribution in [0.5, 0.6) is 0 Å². The summed E-state index contributed by atoms with van der Waals surface area (Å²) in [6.45, 7) is 1.22. The van der Waals surface area contributed by atoms with Crippen LogP contribution in [-0.4, -0.2) is 33.9 Å². The number of halogens is 4. The molecule has 7 nitrogen and oxygen atoms in total. The van der Waals surface area contributed by atoms with Gasteiger partial charge in [0.05, 0.1) is 23.9 Å². The SMILES string of the molecule is COC(=O)c1ccc(-c2ccc(C(C)C(O)(c3ccc4oc(=O)n(C)c4c3)C(F)(F)F)c(Cl)c2)nc1. The Morgan fingerprint density at radius 3 is 2.47 bits per heavy atom. The molecule has 0 saturated carbocycles. The third-order valence-corrected chi connectivity index (χ3v) is 6.56. The van der Waals surface area contributed by atoms with Gasteiger partial charge in [-0.1, -0.05) is 36.7 Å². The monoisotopic (exact) mass is 520 g/mol. The second kappa shape index (κ2) is 9.11. The zero-order valence-electron chi connectivity index (χ0n) is 19.3. The van der Waals surface area contributed by atoms with Crippen LogP contribution in [0, 0.1) is 0 Å². The van der Waals surface area contributed by atoms with Crippen molar-refractivity contribution in [1.82, 2.24) is 9.55 Å². The number of carbonyl (C=O) groups excluding carboxylic acids is 1. The lowest BCUT2D eigenvalue weighted by atomic mass is 9.77. The number of hydrogen-bond donors (Lipinski definition) is 1. The molecule has 4 aromatic rings. The lowest BCUT2D eigenvalue weighted by molar-refractivity contribution is -0.274. The Bertz CT molecular complexity index is 1510. The van der Waals surface area contributed by atoms with Crippen LogP contribution < -0.4 is 5.76 Å². The number of aliphatic hydroxyl groups is 1. The maximum absolute atomic E-state index is 14.4. The van der Waals surface area contributed by atoms with Gasteiger partial charge in [-0.2, -0.15) is 13.2 Å². The van der Waals surface area contributed by atoms with E-state index in [1.165, 1.54) is 57.6 Å². The average Bonchev–Trinajstić information content (AvgIpc) is 3.14. The van der Waals surface area contributed by atoms with Gasteiger partial charge in [0, 0.05) is 29.7 Å². The molecule has 0 aliphatic rings. The zero-order chi connectivity index (χ0) is 26.4. The minimum Gasteiger partial charge on any atom is -0.465 e. The molecule has 2 atom stereocenters. The lowest BCUT2D eigenvalue weighted by Gasteiger charge is -2.37. The van der Waals surface area contributed by atoms with E-state index in [1.807, 2.05) is 0 Å². The van der Waals surface area contributed by atoms with Gasteiger partial charge >= 0.3 is 17.9 Å². The molecule has 11 heteroatoms. The molecule has 0 radical (unpaired) electrons. The van der Waals surface area contributed by atoms with Crippen LogP contribution in [0.15, 0.2) is 63.9 Å². The fraction of sp³-hybridized carbons (Fsp3) is 0.240. The number of carbonyl (C=O) groups is 1. The molecular weight excluding hydrogens is 501 g/mol. The van der Waals surface area contributed by atoms with E-state index in [4.69, 9.17) is 16.0 Å². The van der Waals surface area contributed by atoms with E-state index < -0.39 is 35.0 Å². The number of hydrogen-bond acceptors (Lipinski definition) is 6. The van der Waals surface area contributed by atoms with Crippen LogP contribution in [0.3, 0.4) is 0 Å². The molecular formula is C25H20ClF3N2O5. The van der Waals surface area contributed by atoms with Gasteiger partial charge in [0.25, 0.3) is 0 Å². The highest BCUT2D eigenvalue weighted by molar-refractivity contribution is 6.31. The number of nitrogens with zero attached hydrogens (tertiary/aromatic N) is 2. The standard InChI is InChI=1S/C25H20ClF3N2O5/c1-13(17-7-4-14(10-18(17)26)19-8-5-15(12-30-19)22(32)35-3)24(34,25(27,28)29)16-6-9-21-20(11-16)31(2)23(33)36-21/h4-13,34H,1-3H3. The minimum absolute atomic E-state index is 0.0155. The van der Waals surface area contributed by atoms with Crippen LogP contribution >= 0.6 is 11.6 Å². The van der Waals surface area contributed by atoms with E-state index in [2.05, 4.69) is 9.72 Å². The maximum Gasteiger partial charge on any atom is 0.422 e. The summed E-state index contributed by atoms with van der Waals surface area (Å²) in [7, 11) is 2.60. The molecule has 0 spiro atoms. The summed E-state index contributed by atoms with van der Waals surface area (Å²) in [5, 5.41) is 11.1. The molecule has 2 aromatic carbocycles. The van der Waals surface area contributed by atoms with Crippen LogP contribution in [0.2, 0.25) is 5.02 Å². The van der Waals surface area contributed by atoms with Crippen LogP contribution in [0.1, 0.15) is 34.3 Å². The summed E-state index contributed by atoms with van der Waals surface area (Å²) in [5.41, 5.74) is -2.38. The van der Waals surface area contributed by atoms with Gasteiger partial charge < -0.3 is 14.3 Å². The van der Waals surface area contributed by atoms with Crippen molar-refractivity contribution in [2.24, 2.45) is 7.05 Å². The quantitative estimate of drug-likeness (QED) is 0.364.